The molecule has 0 aliphatic carbocycles. The van der Waals surface area contributed by atoms with Gasteiger partial charge in [0.1, 0.15) is 0 Å². The molecule has 1 aromatic rings. The Balaban J connectivity index is 1.54. The van der Waals surface area contributed by atoms with Gasteiger partial charge in [-0.15, -0.1) is 0 Å². The summed E-state index contributed by atoms with van der Waals surface area (Å²) >= 11 is 0. The second-order valence-corrected chi connectivity index (χ2v) is 8.14. The zero-order chi connectivity index (χ0) is 20.2. The molecule has 2 saturated heterocycles. The maximum absolute atomic E-state index is 12.9. The minimum absolute atomic E-state index is 0.158. The van der Waals surface area contributed by atoms with Gasteiger partial charge in [0, 0.05) is 39.8 Å². The van der Waals surface area contributed by atoms with Crippen molar-refractivity contribution in [2.45, 2.75) is 44.8 Å². The Morgan fingerprint density at radius 3 is 2.61 bits per heavy atom. The molecule has 3 rings (SSSR count). The average molecular weight is 398 g/mol. The summed E-state index contributed by atoms with van der Waals surface area (Å²) < 4.78 is 43.8. The molecule has 0 saturated carbocycles. The third-order valence-electron chi connectivity index (χ3n) is 6.10. The molecule has 2 aliphatic rings. The predicted molar refractivity (Wildman–Crippen MR) is 101 cm³/mol. The SMILES string of the molecule is COCCCN1CC2(CCC1=O)CCN(Cc1cccc(C(F)(F)F)c1)CC2. The Morgan fingerprint density at radius 1 is 1.18 bits per heavy atom. The first kappa shape index (κ1) is 21.1. The maximum atomic E-state index is 12.9. The van der Waals surface area contributed by atoms with Gasteiger partial charge < -0.3 is 9.64 Å². The number of carbonyl (C=O) groups excluding carboxylic acids is 1. The lowest BCUT2D eigenvalue weighted by Gasteiger charge is -2.47. The van der Waals surface area contributed by atoms with E-state index in [1.165, 1.54) is 12.1 Å². The number of methoxy groups -OCH3 is 1. The molecule has 1 aromatic carbocycles. The summed E-state index contributed by atoms with van der Waals surface area (Å²) in [5, 5.41) is 0. The molecule has 2 heterocycles. The van der Waals surface area contributed by atoms with E-state index in [1.54, 1.807) is 13.2 Å². The maximum Gasteiger partial charge on any atom is 0.416 e. The number of halogens is 3. The Bertz CT molecular complexity index is 670. The summed E-state index contributed by atoms with van der Waals surface area (Å²) in [4.78, 5) is 16.4. The lowest BCUT2D eigenvalue weighted by atomic mass is 9.72. The topological polar surface area (TPSA) is 32.8 Å². The number of piperidine rings is 2. The molecule has 28 heavy (non-hydrogen) atoms. The van der Waals surface area contributed by atoms with Crippen LogP contribution in [-0.2, 0) is 22.3 Å². The van der Waals surface area contributed by atoms with Gasteiger partial charge in [0.15, 0.2) is 0 Å². The number of hydrogen-bond acceptors (Lipinski definition) is 3. The molecule has 0 unspecified atom stereocenters. The van der Waals surface area contributed by atoms with E-state index in [1.807, 2.05) is 4.90 Å². The van der Waals surface area contributed by atoms with Crippen molar-refractivity contribution in [1.29, 1.82) is 0 Å². The predicted octanol–water partition coefficient (Wildman–Crippen LogP) is 3.95. The van der Waals surface area contributed by atoms with Crippen molar-refractivity contribution in [1.82, 2.24) is 9.80 Å². The third kappa shape index (κ3) is 5.26. The molecule has 4 nitrogen and oxygen atoms in total. The van der Waals surface area contributed by atoms with Crippen LogP contribution in [0.4, 0.5) is 13.2 Å². The molecular weight excluding hydrogens is 369 g/mol. The minimum Gasteiger partial charge on any atom is -0.385 e. The van der Waals surface area contributed by atoms with Crippen molar-refractivity contribution < 1.29 is 22.7 Å². The van der Waals surface area contributed by atoms with Crippen molar-refractivity contribution in [2.75, 3.05) is 39.9 Å². The lowest BCUT2D eigenvalue weighted by molar-refractivity contribution is -0.139. The molecular formula is C21H29F3N2O2. The molecule has 2 aliphatic heterocycles. The van der Waals surface area contributed by atoms with Crippen molar-refractivity contribution in [3.8, 4) is 0 Å². The number of nitrogens with zero attached hydrogens (tertiary/aromatic N) is 2. The molecule has 0 N–H and O–H groups in total. The Hall–Kier alpha value is -1.60. The van der Waals surface area contributed by atoms with Gasteiger partial charge in [-0.1, -0.05) is 18.2 Å². The third-order valence-corrected chi connectivity index (χ3v) is 6.10. The standard InChI is InChI=1S/C21H29F3N2O2/c1-28-13-3-10-26-16-20(7-6-19(26)27)8-11-25(12-9-20)15-17-4-2-5-18(14-17)21(22,23)24/h2,4-5,14H,3,6-13,15-16H2,1H3. The van der Waals surface area contributed by atoms with E-state index in [9.17, 15) is 18.0 Å². The molecule has 156 valence electrons. The highest BCUT2D eigenvalue weighted by Crippen LogP contribution is 2.40. The van der Waals surface area contributed by atoms with Crippen molar-refractivity contribution >= 4 is 5.91 Å². The van der Waals surface area contributed by atoms with Crippen LogP contribution < -0.4 is 0 Å². The van der Waals surface area contributed by atoms with Gasteiger partial charge in [-0.25, -0.2) is 0 Å². The summed E-state index contributed by atoms with van der Waals surface area (Å²) in [5.41, 5.74) is 0.271. The van der Waals surface area contributed by atoms with E-state index in [4.69, 9.17) is 4.74 Å². The van der Waals surface area contributed by atoms with Gasteiger partial charge in [0.05, 0.1) is 5.56 Å². The fraction of sp³-hybridized carbons (Fsp3) is 0.667. The van der Waals surface area contributed by atoms with Crippen LogP contribution in [0, 0.1) is 5.41 Å². The zero-order valence-electron chi connectivity index (χ0n) is 16.4. The summed E-state index contributed by atoms with van der Waals surface area (Å²) in [6.45, 7) is 4.44. The van der Waals surface area contributed by atoms with Gasteiger partial charge >= 0.3 is 6.18 Å². The van der Waals surface area contributed by atoms with E-state index >= 15 is 0 Å². The molecule has 2 fully saturated rings. The monoisotopic (exact) mass is 398 g/mol. The Kier molecular flexibility index (Phi) is 6.65. The first-order chi connectivity index (χ1) is 13.3. The Morgan fingerprint density at radius 2 is 1.93 bits per heavy atom. The molecule has 0 atom stereocenters. The quantitative estimate of drug-likeness (QED) is 0.681. The highest BCUT2D eigenvalue weighted by atomic mass is 19.4. The summed E-state index contributed by atoms with van der Waals surface area (Å²) in [5.74, 6) is 0.230. The normalized spacial score (nSPS) is 20.7. The molecule has 1 spiro atoms. The summed E-state index contributed by atoms with van der Waals surface area (Å²) in [7, 11) is 1.67. The van der Waals surface area contributed by atoms with Crippen LogP contribution in [0.15, 0.2) is 24.3 Å². The average Bonchev–Trinajstić information content (AvgIpc) is 2.66. The van der Waals surface area contributed by atoms with Crippen molar-refractivity contribution in [3.63, 3.8) is 0 Å². The van der Waals surface area contributed by atoms with Gasteiger partial charge in [-0.2, -0.15) is 13.2 Å². The molecule has 0 bridgehead atoms. The number of likely N-dealkylation sites (tertiary alicyclic amines) is 2. The largest absolute Gasteiger partial charge is 0.416 e. The molecule has 0 radical (unpaired) electrons. The molecule has 1 amide bonds. The second kappa shape index (κ2) is 8.82. The summed E-state index contributed by atoms with van der Waals surface area (Å²) in [6.07, 6.45) is 0.0352. The van der Waals surface area contributed by atoms with Gasteiger partial charge in [0.25, 0.3) is 0 Å². The van der Waals surface area contributed by atoms with E-state index in [0.29, 0.717) is 25.1 Å². The fourth-order valence-electron chi connectivity index (χ4n) is 4.40. The summed E-state index contributed by atoms with van der Waals surface area (Å²) in [6, 6.07) is 5.61. The first-order valence-corrected chi connectivity index (χ1v) is 9.97. The van der Waals surface area contributed by atoms with Crippen LogP contribution >= 0.6 is 0 Å². The number of rotatable bonds is 6. The fourth-order valence-corrected chi connectivity index (χ4v) is 4.40. The number of alkyl halides is 3. The van der Waals surface area contributed by atoms with E-state index in [0.717, 1.165) is 57.9 Å². The second-order valence-electron chi connectivity index (χ2n) is 8.14. The Labute approximate surface area is 164 Å². The van der Waals surface area contributed by atoms with E-state index in [-0.39, 0.29) is 11.3 Å². The van der Waals surface area contributed by atoms with Crippen LogP contribution in [0.5, 0.6) is 0 Å². The minimum atomic E-state index is -4.30. The van der Waals surface area contributed by atoms with E-state index < -0.39 is 11.7 Å². The number of hydrogen-bond donors (Lipinski definition) is 0. The van der Waals surface area contributed by atoms with Crippen LogP contribution in [0.1, 0.15) is 43.2 Å². The van der Waals surface area contributed by atoms with Gasteiger partial charge in [0.2, 0.25) is 5.91 Å². The number of carbonyl (C=O) groups is 1. The van der Waals surface area contributed by atoms with Gasteiger partial charge in [-0.05, 0) is 55.8 Å². The molecule has 0 aromatic heterocycles. The van der Waals surface area contributed by atoms with Crippen LogP contribution in [0.25, 0.3) is 0 Å². The van der Waals surface area contributed by atoms with Crippen LogP contribution in [0.3, 0.4) is 0 Å². The first-order valence-electron chi connectivity index (χ1n) is 9.97. The van der Waals surface area contributed by atoms with Gasteiger partial charge in [-0.3, -0.25) is 9.69 Å². The van der Waals surface area contributed by atoms with E-state index in [2.05, 4.69) is 4.90 Å². The smallest absolute Gasteiger partial charge is 0.385 e. The highest BCUT2D eigenvalue weighted by molar-refractivity contribution is 5.77. The number of benzene rings is 1. The van der Waals surface area contributed by atoms with Crippen molar-refractivity contribution in [2.24, 2.45) is 5.41 Å². The number of ether oxygens (including phenoxy) is 1. The number of amides is 1. The van der Waals surface area contributed by atoms with Crippen LogP contribution in [0.2, 0.25) is 0 Å². The van der Waals surface area contributed by atoms with Crippen molar-refractivity contribution in [3.05, 3.63) is 35.4 Å². The lowest BCUT2D eigenvalue weighted by Crippen LogP contribution is -2.51. The highest BCUT2D eigenvalue weighted by Gasteiger charge is 2.40. The molecule has 7 heteroatoms. The zero-order valence-corrected chi connectivity index (χ0v) is 16.4. The van der Waals surface area contributed by atoms with Crippen LogP contribution in [-0.4, -0.2) is 55.6 Å².